The van der Waals surface area contributed by atoms with Crippen LogP contribution in [0.25, 0.3) is 10.9 Å². The highest BCUT2D eigenvalue weighted by molar-refractivity contribution is 7.92. The summed E-state index contributed by atoms with van der Waals surface area (Å²) in [4.78, 5) is 25.3. The summed E-state index contributed by atoms with van der Waals surface area (Å²) in [7, 11) is -2.47. The largest absolute Gasteiger partial charge is 0.465 e. The first-order chi connectivity index (χ1) is 14.0. The fourth-order valence-corrected chi connectivity index (χ4v) is 4.75. The lowest BCUT2D eigenvalue weighted by molar-refractivity contribution is 0.0603. The zero-order valence-electron chi connectivity index (χ0n) is 17.6. The predicted octanol–water partition coefficient (Wildman–Crippen LogP) is 3.46. The van der Waals surface area contributed by atoms with Gasteiger partial charge in [0.2, 0.25) is 10.0 Å². The minimum atomic E-state index is -3.74. The summed E-state index contributed by atoms with van der Waals surface area (Å²) in [6.07, 6.45) is 2.47. The van der Waals surface area contributed by atoms with Crippen LogP contribution in [0.15, 0.2) is 42.6 Å². The van der Waals surface area contributed by atoms with Gasteiger partial charge in [-0.25, -0.2) is 13.2 Å². The van der Waals surface area contributed by atoms with Gasteiger partial charge in [-0.1, -0.05) is 35.9 Å². The van der Waals surface area contributed by atoms with E-state index in [1.165, 1.54) is 17.9 Å². The van der Waals surface area contributed by atoms with Crippen LogP contribution in [0.1, 0.15) is 31.8 Å². The first-order valence-corrected chi connectivity index (χ1v) is 11.2. The normalized spacial score (nSPS) is 11.5. The van der Waals surface area contributed by atoms with Crippen LogP contribution in [0, 0.1) is 20.8 Å². The molecule has 30 heavy (non-hydrogen) atoms. The van der Waals surface area contributed by atoms with Gasteiger partial charge in [0.15, 0.2) is 0 Å². The first kappa shape index (κ1) is 21.6. The molecule has 0 spiro atoms. The van der Waals surface area contributed by atoms with E-state index in [2.05, 4.69) is 0 Å². The van der Waals surface area contributed by atoms with Crippen LogP contribution in [0.3, 0.4) is 0 Å². The van der Waals surface area contributed by atoms with Crippen LogP contribution in [-0.4, -0.2) is 44.8 Å². The van der Waals surface area contributed by atoms with Gasteiger partial charge in [0.05, 0.1) is 30.1 Å². The number of fused-ring (bicyclic) bond motifs is 1. The molecule has 0 saturated carbocycles. The lowest BCUT2D eigenvalue weighted by Gasteiger charge is -2.26. The molecule has 8 heteroatoms. The molecule has 0 fully saturated rings. The highest BCUT2D eigenvalue weighted by Crippen LogP contribution is 2.29. The van der Waals surface area contributed by atoms with Crippen molar-refractivity contribution >= 4 is 38.5 Å². The van der Waals surface area contributed by atoms with Crippen molar-refractivity contribution in [1.82, 2.24) is 4.57 Å². The molecular weight excluding hydrogens is 404 g/mol. The summed E-state index contributed by atoms with van der Waals surface area (Å²) in [6.45, 7) is 5.17. The molecule has 0 aliphatic rings. The number of aromatic nitrogens is 1. The summed E-state index contributed by atoms with van der Waals surface area (Å²) in [5.74, 6) is -1.05. The molecule has 1 heterocycles. The van der Waals surface area contributed by atoms with Gasteiger partial charge < -0.3 is 4.74 Å². The number of nitrogens with zero attached hydrogens (tertiary/aromatic N) is 2. The van der Waals surface area contributed by atoms with E-state index in [1.807, 2.05) is 32.9 Å². The van der Waals surface area contributed by atoms with Crippen molar-refractivity contribution in [1.29, 1.82) is 0 Å². The lowest BCUT2D eigenvalue weighted by Crippen LogP contribution is -2.37. The van der Waals surface area contributed by atoms with Gasteiger partial charge in [0.25, 0.3) is 5.91 Å². The second-order valence-corrected chi connectivity index (χ2v) is 9.24. The van der Waals surface area contributed by atoms with E-state index in [-0.39, 0.29) is 5.56 Å². The van der Waals surface area contributed by atoms with Gasteiger partial charge in [0.1, 0.15) is 6.54 Å². The van der Waals surface area contributed by atoms with E-state index >= 15 is 0 Å². The molecule has 0 amide bonds. The minimum absolute atomic E-state index is 0.245. The van der Waals surface area contributed by atoms with Crippen LogP contribution >= 0.6 is 0 Å². The summed E-state index contributed by atoms with van der Waals surface area (Å²) in [5, 5.41) is 0.561. The molecule has 0 aliphatic carbocycles. The number of ether oxygens (including phenoxy) is 1. The van der Waals surface area contributed by atoms with Gasteiger partial charge in [0, 0.05) is 11.6 Å². The highest BCUT2D eigenvalue weighted by atomic mass is 32.2. The zero-order valence-corrected chi connectivity index (χ0v) is 18.4. The first-order valence-electron chi connectivity index (χ1n) is 9.31. The summed E-state index contributed by atoms with van der Waals surface area (Å²) in [6, 6.07) is 10.7. The SMILES string of the molecule is COC(=O)c1cn(C(=O)CN(c2c(C)cc(C)cc2C)S(C)(=O)=O)c2ccccc12. The average molecular weight is 429 g/mol. The van der Waals surface area contributed by atoms with Crippen molar-refractivity contribution < 1.29 is 22.7 Å². The van der Waals surface area contributed by atoms with Gasteiger partial charge in [-0.15, -0.1) is 0 Å². The standard InChI is InChI=1S/C22H24N2O5S/c1-14-10-15(2)21(16(3)11-14)24(30(5,27)28)13-20(25)23-12-18(22(26)29-4)17-8-6-7-9-19(17)23/h6-12H,13H2,1-5H3. The van der Waals surface area contributed by atoms with E-state index in [4.69, 9.17) is 4.74 Å². The molecule has 3 aromatic rings. The summed E-state index contributed by atoms with van der Waals surface area (Å²) in [5.41, 5.74) is 3.77. The molecule has 0 aliphatic heterocycles. The van der Waals surface area contributed by atoms with Crippen molar-refractivity contribution in [2.75, 3.05) is 24.2 Å². The van der Waals surface area contributed by atoms with Crippen LogP contribution in [-0.2, 0) is 14.8 Å². The van der Waals surface area contributed by atoms with Crippen LogP contribution in [0.2, 0.25) is 0 Å². The van der Waals surface area contributed by atoms with Crippen molar-refractivity contribution in [2.24, 2.45) is 0 Å². The number of carbonyl (C=O) groups is 2. The molecular formula is C22H24N2O5S. The molecule has 0 N–H and O–H groups in total. The van der Waals surface area contributed by atoms with Crippen LogP contribution in [0.5, 0.6) is 0 Å². The molecule has 0 unspecified atom stereocenters. The fraction of sp³-hybridized carbons (Fsp3) is 0.273. The third-order valence-corrected chi connectivity index (χ3v) is 6.06. The number of methoxy groups -OCH3 is 1. The smallest absolute Gasteiger partial charge is 0.340 e. The lowest BCUT2D eigenvalue weighted by atomic mass is 10.1. The van der Waals surface area contributed by atoms with E-state index in [0.717, 1.165) is 27.3 Å². The molecule has 158 valence electrons. The van der Waals surface area contributed by atoms with Crippen LogP contribution < -0.4 is 4.31 Å². The molecule has 2 aromatic carbocycles. The van der Waals surface area contributed by atoms with E-state index in [0.29, 0.717) is 16.6 Å². The van der Waals surface area contributed by atoms with Crippen LogP contribution in [0.4, 0.5) is 5.69 Å². The van der Waals surface area contributed by atoms with Gasteiger partial charge in [-0.05, 0) is 38.0 Å². The van der Waals surface area contributed by atoms with Crippen molar-refractivity contribution in [3.8, 4) is 0 Å². The van der Waals surface area contributed by atoms with E-state index < -0.39 is 28.4 Å². The number of rotatable bonds is 5. The number of hydrogen-bond acceptors (Lipinski definition) is 5. The number of hydrogen-bond donors (Lipinski definition) is 0. The Balaban J connectivity index is 2.10. The predicted molar refractivity (Wildman–Crippen MR) is 117 cm³/mol. The van der Waals surface area contributed by atoms with Crippen molar-refractivity contribution in [3.05, 3.63) is 64.8 Å². The number of sulfonamides is 1. The molecule has 0 atom stereocenters. The minimum Gasteiger partial charge on any atom is -0.465 e. The average Bonchev–Trinajstić information content (AvgIpc) is 3.05. The Labute approximate surface area is 175 Å². The van der Waals surface area contributed by atoms with Crippen molar-refractivity contribution in [2.45, 2.75) is 20.8 Å². The summed E-state index contributed by atoms with van der Waals surface area (Å²) < 4.78 is 32.4. The number of carbonyl (C=O) groups excluding carboxylic acids is 2. The topological polar surface area (TPSA) is 85.7 Å². The second-order valence-electron chi connectivity index (χ2n) is 7.33. The maximum atomic E-state index is 13.2. The second kappa shape index (κ2) is 7.95. The quantitative estimate of drug-likeness (QED) is 0.581. The molecule has 0 radical (unpaired) electrons. The van der Waals surface area contributed by atoms with E-state index in [1.54, 1.807) is 24.3 Å². The molecule has 0 saturated heterocycles. The number of esters is 1. The summed E-state index contributed by atoms with van der Waals surface area (Å²) >= 11 is 0. The molecule has 7 nitrogen and oxygen atoms in total. The third-order valence-electron chi connectivity index (χ3n) is 4.95. The Morgan fingerprint density at radius 1 is 1.07 bits per heavy atom. The van der Waals surface area contributed by atoms with Crippen molar-refractivity contribution in [3.63, 3.8) is 0 Å². The van der Waals surface area contributed by atoms with Gasteiger partial charge >= 0.3 is 5.97 Å². The highest BCUT2D eigenvalue weighted by Gasteiger charge is 2.26. The Morgan fingerprint density at radius 3 is 2.23 bits per heavy atom. The Hall–Kier alpha value is -3.13. The molecule has 1 aromatic heterocycles. The molecule has 0 bridgehead atoms. The fourth-order valence-electron chi connectivity index (χ4n) is 3.79. The van der Waals surface area contributed by atoms with Gasteiger partial charge in [-0.3, -0.25) is 13.7 Å². The van der Waals surface area contributed by atoms with E-state index in [9.17, 15) is 18.0 Å². The monoisotopic (exact) mass is 428 g/mol. The Morgan fingerprint density at radius 2 is 1.67 bits per heavy atom. The Bertz CT molecular complexity index is 1230. The number of para-hydroxylation sites is 1. The number of aryl methyl sites for hydroxylation is 3. The number of anilines is 1. The maximum absolute atomic E-state index is 13.2. The maximum Gasteiger partial charge on any atom is 0.340 e. The number of benzene rings is 2. The third kappa shape index (κ3) is 3.95. The molecule has 3 rings (SSSR count). The zero-order chi connectivity index (χ0) is 22.2. The van der Waals surface area contributed by atoms with Gasteiger partial charge in [-0.2, -0.15) is 0 Å². The Kier molecular flexibility index (Phi) is 5.72.